The third-order valence-corrected chi connectivity index (χ3v) is 4.16. The molecular formula is C15H22O2. The van der Waals surface area contributed by atoms with E-state index in [1.54, 1.807) is 12.1 Å². The summed E-state index contributed by atoms with van der Waals surface area (Å²) in [6, 6.07) is 7.18. The molecule has 3 atom stereocenters. The molecule has 2 heteroatoms. The van der Waals surface area contributed by atoms with Gasteiger partial charge < -0.3 is 10.2 Å². The summed E-state index contributed by atoms with van der Waals surface area (Å²) in [7, 11) is 0. The van der Waals surface area contributed by atoms with E-state index in [-0.39, 0.29) is 5.75 Å². The molecule has 2 N–H and O–H groups in total. The number of aromatic hydroxyl groups is 1. The molecule has 3 unspecified atom stereocenters. The van der Waals surface area contributed by atoms with Crippen molar-refractivity contribution in [1.29, 1.82) is 0 Å². The van der Waals surface area contributed by atoms with Crippen LogP contribution in [-0.4, -0.2) is 15.8 Å². The Balaban J connectivity index is 2.12. The summed E-state index contributed by atoms with van der Waals surface area (Å²) in [5.41, 5.74) is 0.528. The molecule has 0 amide bonds. The molecule has 1 fully saturated rings. The standard InChI is InChI=1S/C15H22O2/c1-11-3-4-12(2)15(17,9-11)10-13-5-7-14(16)8-6-13/h5-8,11-12,16-17H,3-4,9-10H2,1-2H3. The van der Waals surface area contributed by atoms with E-state index in [1.807, 2.05) is 12.1 Å². The van der Waals surface area contributed by atoms with Gasteiger partial charge in [-0.05, 0) is 42.4 Å². The lowest BCUT2D eigenvalue weighted by Crippen LogP contribution is -2.43. The first-order valence-electron chi connectivity index (χ1n) is 6.50. The largest absolute Gasteiger partial charge is 0.508 e. The zero-order valence-electron chi connectivity index (χ0n) is 10.7. The van der Waals surface area contributed by atoms with Gasteiger partial charge in [-0.2, -0.15) is 0 Å². The highest BCUT2D eigenvalue weighted by atomic mass is 16.3. The lowest BCUT2D eigenvalue weighted by Gasteiger charge is -2.41. The fourth-order valence-electron chi connectivity index (χ4n) is 2.92. The predicted molar refractivity (Wildman–Crippen MR) is 68.9 cm³/mol. The van der Waals surface area contributed by atoms with Crippen molar-refractivity contribution in [3.05, 3.63) is 29.8 Å². The number of hydrogen-bond donors (Lipinski definition) is 2. The zero-order chi connectivity index (χ0) is 12.5. The van der Waals surface area contributed by atoms with Crippen molar-refractivity contribution >= 4 is 0 Å². The molecule has 1 aliphatic carbocycles. The Morgan fingerprint density at radius 1 is 1.18 bits per heavy atom. The Morgan fingerprint density at radius 2 is 1.82 bits per heavy atom. The van der Waals surface area contributed by atoms with Crippen molar-refractivity contribution in [2.45, 2.75) is 45.1 Å². The maximum absolute atomic E-state index is 10.8. The van der Waals surface area contributed by atoms with Crippen LogP contribution in [0.1, 0.15) is 38.7 Å². The molecule has 94 valence electrons. The van der Waals surface area contributed by atoms with Gasteiger partial charge in [-0.15, -0.1) is 0 Å². The fraction of sp³-hybridized carbons (Fsp3) is 0.600. The SMILES string of the molecule is CC1CCC(C)C(O)(Cc2ccc(O)cc2)C1. The van der Waals surface area contributed by atoms with E-state index in [4.69, 9.17) is 0 Å². The second-order valence-electron chi connectivity index (χ2n) is 5.73. The molecule has 1 aromatic carbocycles. The van der Waals surface area contributed by atoms with Crippen LogP contribution in [0, 0.1) is 11.8 Å². The number of phenolic OH excluding ortho intramolecular Hbond substituents is 1. The molecule has 0 saturated heterocycles. The van der Waals surface area contributed by atoms with Gasteiger partial charge in [0.2, 0.25) is 0 Å². The van der Waals surface area contributed by atoms with Crippen LogP contribution in [0.2, 0.25) is 0 Å². The van der Waals surface area contributed by atoms with E-state index in [9.17, 15) is 10.2 Å². The number of aliphatic hydroxyl groups is 1. The second-order valence-corrected chi connectivity index (χ2v) is 5.73. The minimum atomic E-state index is -0.575. The summed E-state index contributed by atoms with van der Waals surface area (Å²) in [6.45, 7) is 4.36. The molecule has 0 heterocycles. The Labute approximate surface area is 103 Å². The first kappa shape index (κ1) is 12.4. The third-order valence-electron chi connectivity index (χ3n) is 4.16. The quantitative estimate of drug-likeness (QED) is 0.825. The van der Waals surface area contributed by atoms with Gasteiger partial charge in [0.05, 0.1) is 5.60 Å². The molecular weight excluding hydrogens is 212 g/mol. The van der Waals surface area contributed by atoms with Crippen LogP contribution < -0.4 is 0 Å². The maximum atomic E-state index is 10.8. The first-order chi connectivity index (χ1) is 7.99. The lowest BCUT2D eigenvalue weighted by molar-refractivity contribution is -0.0560. The average molecular weight is 234 g/mol. The number of hydrogen-bond acceptors (Lipinski definition) is 2. The fourth-order valence-corrected chi connectivity index (χ4v) is 2.92. The first-order valence-corrected chi connectivity index (χ1v) is 6.50. The highest BCUT2D eigenvalue weighted by Crippen LogP contribution is 2.39. The van der Waals surface area contributed by atoms with E-state index in [1.165, 1.54) is 6.42 Å². The summed E-state index contributed by atoms with van der Waals surface area (Å²) < 4.78 is 0. The van der Waals surface area contributed by atoms with E-state index in [0.717, 1.165) is 18.4 Å². The third kappa shape index (κ3) is 2.81. The van der Waals surface area contributed by atoms with Gasteiger partial charge in [0.1, 0.15) is 5.75 Å². The molecule has 17 heavy (non-hydrogen) atoms. The minimum absolute atomic E-state index is 0.283. The molecule has 2 rings (SSSR count). The van der Waals surface area contributed by atoms with Gasteiger partial charge in [0, 0.05) is 6.42 Å². The van der Waals surface area contributed by atoms with Crippen LogP contribution >= 0.6 is 0 Å². The smallest absolute Gasteiger partial charge is 0.115 e. The molecule has 2 nitrogen and oxygen atoms in total. The topological polar surface area (TPSA) is 40.5 Å². The van der Waals surface area contributed by atoms with Gasteiger partial charge in [0.15, 0.2) is 0 Å². The molecule has 0 aliphatic heterocycles. The Bertz CT molecular complexity index is 371. The predicted octanol–water partition coefficient (Wildman–Crippen LogP) is 3.12. The van der Waals surface area contributed by atoms with Gasteiger partial charge in [-0.3, -0.25) is 0 Å². The molecule has 0 bridgehead atoms. The summed E-state index contributed by atoms with van der Waals surface area (Å²) in [5, 5.41) is 20.0. The number of rotatable bonds is 2. The monoisotopic (exact) mass is 234 g/mol. The van der Waals surface area contributed by atoms with Crippen molar-refractivity contribution < 1.29 is 10.2 Å². The normalized spacial score (nSPS) is 33.6. The summed E-state index contributed by atoms with van der Waals surface area (Å²) in [5.74, 6) is 1.24. The minimum Gasteiger partial charge on any atom is -0.508 e. The Morgan fingerprint density at radius 3 is 2.47 bits per heavy atom. The van der Waals surface area contributed by atoms with Crippen molar-refractivity contribution in [3.8, 4) is 5.75 Å². The van der Waals surface area contributed by atoms with Crippen molar-refractivity contribution in [2.24, 2.45) is 11.8 Å². The lowest BCUT2D eigenvalue weighted by atomic mass is 9.69. The highest BCUT2D eigenvalue weighted by Gasteiger charge is 2.38. The van der Waals surface area contributed by atoms with Gasteiger partial charge in [-0.25, -0.2) is 0 Å². The van der Waals surface area contributed by atoms with Crippen LogP contribution in [0.3, 0.4) is 0 Å². The highest BCUT2D eigenvalue weighted by molar-refractivity contribution is 5.27. The number of benzene rings is 1. The van der Waals surface area contributed by atoms with Crippen LogP contribution in [0.4, 0.5) is 0 Å². The summed E-state index contributed by atoms with van der Waals surface area (Å²) in [6.07, 6.45) is 3.91. The summed E-state index contributed by atoms with van der Waals surface area (Å²) in [4.78, 5) is 0. The molecule has 0 radical (unpaired) electrons. The van der Waals surface area contributed by atoms with E-state index < -0.39 is 5.60 Å². The van der Waals surface area contributed by atoms with Crippen LogP contribution in [0.15, 0.2) is 24.3 Å². The van der Waals surface area contributed by atoms with E-state index in [2.05, 4.69) is 13.8 Å². The van der Waals surface area contributed by atoms with Gasteiger partial charge >= 0.3 is 0 Å². The van der Waals surface area contributed by atoms with Crippen molar-refractivity contribution in [1.82, 2.24) is 0 Å². The van der Waals surface area contributed by atoms with E-state index >= 15 is 0 Å². The molecule has 0 aromatic heterocycles. The molecule has 1 saturated carbocycles. The van der Waals surface area contributed by atoms with Gasteiger partial charge in [-0.1, -0.05) is 32.4 Å². The van der Waals surface area contributed by atoms with E-state index in [0.29, 0.717) is 18.3 Å². The Kier molecular flexibility index (Phi) is 3.43. The average Bonchev–Trinajstić information content (AvgIpc) is 2.27. The number of phenols is 1. The van der Waals surface area contributed by atoms with Crippen molar-refractivity contribution in [3.63, 3.8) is 0 Å². The Hall–Kier alpha value is -1.02. The van der Waals surface area contributed by atoms with Crippen molar-refractivity contribution in [2.75, 3.05) is 0 Å². The maximum Gasteiger partial charge on any atom is 0.115 e. The second kappa shape index (κ2) is 4.69. The van der Waals surface area contributed by atoms with Crippen LogP contribution in [-0.2, 0) is 6.42 Å². The zero-order valence-corrected chi connectivity index (χ0v) is 10.7. The molecule has 0 spiro atoms. The van der Waals surface area contributed by atoms with Crippen LogP contribution in [0.25, 0.3) is 0 Å². The summed E-state index contributed by atoms with van der Waals surface area (Å²) >= 11 is 0. The molecule has 1 aromatic rings. The molecule has 1 aliphatic rings. The van der Waals surface area contributed by atoms with Crippen LogP contribution in [0.5, 0.6) is 5.75 Å². The van der Waals surface area contributed by atoms with Gasteiger partial charge in [0.25, 0.3) is 0 Å².